The Hall–Kier alpha value is -2.33. The lowest BCUT2D eigenvalue weighted by Crippen LogP contribution is -1.88. The van der Waals surface area contributed by atoms with Crippen molar-refractivity contribution in [3.63, 3.8) is 0 Å². The van der Waals surface area contributed by atoms with E-state index in [1.807, 2.05) is 36.4 Å². The second-order valence-corrected chi connectivity index (χ2v) is 4.63. The number of rotatable bonds is 3. The Labute approximate surface area is 121 Å². The SMILES string of the molecule is COc1ccc(-c2[nH]ncc2-c2ccccn2)cc1Cl. The van der Waals surface area contributed by atoms with Crippen molar-refractivity contribution < 1.29 is 4.74 Å². The van der Waals surface area contributed by atoms with Gasteiger partial charge >= 0.3 is 0 Å². The lowest BCUT2D eigenvalue weighted by Gasteiger charge is -2.06. The first-order valence-corrected chi connectivity index (χ1v) is 6.46. The maximum atomic E-state index is 6.17. The summed E-state index contributed by atoms with van der Waals surface area (Å²) in [5.74, 6) is 0.648. The number of nitrogens with zero attached hydrogens (tertiary/aromatic N) is 2. The van der Waals surface area contributed by atoms with Gasteiger partial charge in [-0.05, 0) is 30.3 Å². The van der Waals surface area contributed by atoms with Gasteiger partial charge < -0.3 is 4.74 Å². The van der Waals surface area contributed by atoms with Crippen LogP contribution in [0.25, 0.3) is 22.5 Å². The van der Waals surface area contributed by atoms with E-state index in [2.05, 4.69) is 15.2 Å². The maximum absolute atomic E-state index is 6.17. The van der Waals surface area contributed by atoms with Crippen LogP contribution >= 0.6 is 11.6 Å². The molecule has 0 unspecified atom stereocenters. The van der Waals surface area contributed by atoms with Crippen molar-refractivity contribution in [1.29, 1.82) is 0 Å². The number of hydrogen-bond acceptors (Lipinski definition) is 3. The van der Waals surface area contributed by atoms with Crippen LogP contribution in [-0.2, 0) is 0 Å². The Morgan fingerprint density at radius 1 is 1.20 bits per heavy atom. The number of halogens is 1. The highest BCUT2D eigenvalue weighted by Gasteiger charge is 2.12. The third kappa shape index (κ3) is 2.26. The monoisotopic (exact) mass is 285 g/mol. The quantitative estimate of drug-likeness (QED) is 0.796. The zero-order chi connectivity index (χ0) is 13.9. The van der Waals surface area contributed by atoms with Gasteiger partial charge in [-0.15, -0.1) is 0 Å². The van der Waals surface area contributed by atoms with Crippen LogP contribution in [0.4, 0.5) is 0 Å². The molecule has 2 heterocycles. The first kappa shape index (κ1) is 12.7. The fourth-order valence-corrected chi connectivity index (χ4v) is 2.30. The van der Waals surface area contributed by atoms with Gasteiger partial charge in [-0.2, -0.15) is 5.10 Å². The fraction of sp³-hybridized carbons (Fsp3) is 0.0667. The molecule has 0 aliphatic rings. The summed E-state index contributed by atoms with van der Waals surface area (Å²) in [5, 5.41) is 7.67. The third-order valence-electron chi connectivity index (χ3n) is 3.02. The molecule has 4 nitrogen and oxygen atoms in total. The molecular weight excluding hydrogens is 274 g/mol. The normalized spacial score (nSPS) is 10.5. The lowest BCUT2D eigenvalue weighted by atomic mass is 10.1. The summed E-state index contributed by atoms with van der Waals surface area (Å²) in [4.78, 5) is 4.35. The molecule has 0 saturated carbocycles. The van der Waals surface area contributed by atoms with E-state index in [1.165, 1.54) is 0 Å². The van der Waals surface area contributed by atoms with Crippen LogP contribution in [0.15, 0.2) is 48.8 Å². The Morgan fingerprint density at radius 2 is 2.10 bits per heavy atom. The van der Waals surface area contributed by atoms with E-state index in [0.717, 1.165) is 22.5 Å². The van der Waals surface area contributed by atoms with Gasteiger partial charge in [-0.3, -0.25) is 10.1 Å². The van der Waals surface area contributed by atoms with Crippen LogP contribution < -0.4 is 4.74 Å². The summed E-state index contributed by atoms with van der Waals surface area (Å²) >= 11 is 6.17. The lowest BCUT2D eigenvalue weighted by molar-refractivity contribution is 0.415. The molecule has 0 atom stereocenters. The standard InChI is InChI=1S/C15H12ClN3O/c1-20-14-6-5-10(8-12(14)16)15-11(9-18-19-15)13-4-2-3-7-17-13/h2-9H,1H3,(H,18,19). The van der Waals surface area contributed by atoms with Crippen molar-refractivity contribution >= 4 is 11.6 Å². The van der Waals surface area contributed by atoms with E-state index < -0.39 is 0 Å². The van der Waals surface area contributed by atoms with Gasteiger partial charge in [0.15, 0.2) is 0 Å². The molecule has 100 valence electrons. The van der Waals surface area contributed by atoms with Crippen molar-refractivity contribution in [2.24, 2.45) is 0 Å². The molecule has 3 rings (SSSR count). The van der Waals surface area contributed by atoms with E-state index in [1.54, 1.807) is 19.5 Å². The molecule has 2 aromatic heterocycles. The minimum Gasteiger partial charge on any atom is -0.495 e. The van der Waals surface area contributed by atoms with Gasteiger partial charge in [0, 0.05) is 17.3 Å². The van der Waals surface area contributed by atoms with E-state index in [-0.39, 0.29) is 0 Å². The number of nitrogens with one attached hydrogen (secondary N) is 1. The van der Waals surface area contributed by atoms with Crippen molar-refractivity contribution in [2.45, 2.75) is 0 Å². The molecule has 0 bridgehead atoms. The summed E-state index contributed by atoms with van der Waals surface area (Å²) < 4.78 is 5.16. The van der Waals surface area contributed by atoms with Crippen LogP contribution in [-0.4, -0.2) is 22.3 Å². The summed E-state index contributed by atoms with van der Waals surface area (Å²) in [6.45, 7) is 0. The van der Waals surface area contributed by atoms with Crippen LogP contribution in [0.3, 0.4) is 0 Å². The Balaban J connectivity index is 2.08. The minimum absolute atomic E-state index is 0.562. The third-order valence-corrected chi connectivity index (χ3v) is 3.32. The average molecular weight is 286 g/mol. The van der Waals surface area contributed by atoms with Crippen LogP contribution in [0.2, 0.25) is 5.02 Å². The molecule has 0 spiro atoms. The van der Waals surface area contributed by atoms with E-state index in [0.29, 0.717) is 10.8 Å². The predicted octanol–water partition coefficient (Wildman–Crippen LogP) is 3.80. The number of pyridine rings is 1. The number of aromatic amines is 1. The molecule has 0 radical (unpaired) electrons. The fourth-order valence-electron chi connectivity index (χ4n) is 2.04. The average Bonchev–Trinajstić information content (AvgIpc) is 2.97. The van der Waals surface area contributed by atoms with Crippen molar-refractivity contribution in [3.8, 4) is 28.3 Å². The largest absolute Gasteiger partial charge is 0.495 e. The summed E-state index contributed by atoms with van der Waals surface area (Å²) in [6.07, 6.45) is 3.52. The van der Waals surface area contributed by atoms with Gasteiger partial charge in [-0.1, -0.05) is 17.7 Å². The summed E-state index contributed by atoms with van der Waals surface area (Å²) in [5.41, 5.74) is 3.62. The second-order valence-electron chi connectivity index (χ2n) is 4.22. The molecule has 0 saturated heterocycles. The van der Waals surface area contributed by atoms with E-state index in [9.17, 15) is 0 Å². The molecule has 0 aliphatic heterocycles. The number of hydrogen-bond donors (Lipinski definition) is 1. The summed E-state index contributed by atoms with van der Waals surface area (Å²) in [6, 6.07) is 11.4. The molecular formula is C15H12ClN3O. The molecule has 20 heavy (non-hydrogen) atoms. The number of ether oxygens (including phenoxy) is 1. The highest BCUT2D eigenvalue weighted by Crippen LogP contribution is 2.33. The number of aromatic nitrogens is 3. The number of H-pyrrole nitrogens is 1. The Kier molecular flexibility index (Phi) is 3.39. The second kappa shape index (κ2) is 5.35. The highest BCUT2D eigenvalue weighted by atomic mass is 35.5. The Bertz CT molecular complexity index is 725. The Morgan fingerprint density at radius 3 is 2.80 bits per heavy atom. The van der Waals surface area contributed by atoms with Crippen LogP contribution in [0, 0.1) is 0 Å². The first-order chi connectivity index (χ1) is 9.79. The van der Waals surface area contributed by atoms with Gasteiger partial charge in [-0.25, -0.2) is 0 Å². The molecule has 1 aromatic carbocycles. The van der Waals surface area contributed by atoms with Crippen LogP contribution in [0.1, 0.15) is 0 Å². The molecule has 0 fully saturated rings. The van der Waals surface area contributed by atoms with Gasteiger partial charge in [0.1, 0.15) is 5.75 Å². The maximum Gasteiger partial charge on any atom is 0.137 e. The zero-order valence-electron chi connectivity index (χ0n) is 10.8. The van der Waals surface area contributed by atoms with Crippen molar-refractivity contribution in [3.05, 3.63) is 53.8 Å². The molecule has 0 aliphatic carbocycles. The molecule has 1 N–H and O–H groups in total. The van der Waals surface area contributed by atoms with Crippen molar-refractivity contribution in [2.75, 3.05) is 7.11 Å². The number of benzene rings is 1. The smallest absolute Gasteiger partial charge is 0.137 e. The minimum atomic E-state index is 0.562. The van der Waals surface area contributed by atoms with Crippen molar-refractivity contribution in [1.82, 2.24) is 15.2 Å². The highest BCUT2D eigenvalue weighted by molar-refractivity contribution is 6.32. The summed E-state index contributed by atoms with van der Waals surface area (Å²) in [7, 11) is 1.59. The molecule has 5 heteroatoms. The number of methoxy groups -OCH3 is 1. The molecule has 3 aromatic rings. The van der Waals surface area contributed by atoms with Gasteiger partial charge in [0.2, 0.25) is 0 Å². The van der Waals surface area contributed by atoms with Crippen LogP contribution in [0.5, 0.6) is 5.75 Å². The molecule has 0 amide bonds. The van der Waals surface area contributed by atoms with E-state index in [4.69, 9.17) is 16.3 Å². The first-order valence-electron chi connectivity index (χ1n) is 6.08. The van der Waals surface area contributed by atoms with E-state index >= 15 is 0 Å². The topological polar surface area (TPSA) is 50.8 Å². The predicted molar refractivity (Wildman–Crippen MR) is 78.8 cm³/mol. The zero-order valence-corrected chi connectivity index (χ0v) is 11.6. The van der Waals surface area contributed by atoms with Gasteiger partial charge in [0.25, 0.3) is 0 Å². The van der Waals surface area contributed by atoms with Gasteiger partial charge in [0.05, 0.1) is 29.7 Å².